The van der Waals surface area contributed by atoms with E-state index in [4.69, 9.17) is 4.74 Å². The van der Waals surface area contributed by atoms with Gasteiger partial charge in [-0.2, -0.15) is 0 Å². The van der Waals surface area contributed by atoms with E-state index in [0.29, 0.717) is 48.6 Å². The van der Waals surface area contributed by atoms with Gasteiger partial charge >= 0.3 is 0 Å². The Morgan fingerprint density at radius 2 is 1.84 bits per heavy atom. The Balaban J connectivity index is 1.41. The summed E-state index contributed by atoms with van der Waals surface area (Å²) >= 11 is 0. The zero-order chi connectivity index (χ0) is 21.6. The van der Waals surface area contributed by atoms with Crippen molar-refractivity contribution < 1.29 is 14.3 Å². The molecular formula is C23H23N5O3. The van der Waals surface area contributed by atoms with Crippen LogP contribution in [0.1, 0.15) is 33.6 Å². The lowest BCUT2D eigenvalue weighted by atomic mass is 10.00. The Morgan fingerprint density at radius 3 is 2.52 bits per heavy atom. The summed E-state index contributed by atoms with van der Waals surface area (Å²) < 4.78 is 5.06. The molecular weight excluding hydrogens is 394 g/mol. The number of ether oxygens (including phenoxy) is 1. The number of hydrogen-bond acceptors (Lipinski definition) is 6. The van der Waals surface area contributed by atoms with Gasteiger partial charge in [-0.3, -0.25) is 14.6 Å². The molecule has 8 heteroatoms. The zero-order valence-electron chi connectivity index (χ0n) is 17.2. The lowest BCUT2D eigenvalue weighted by Gasteiger charge is -2.32. The van der Waals surface area contributed by atoms with Gasteiger partial charge < -0.3 is 15.0 Å². The first kappa shape index (κ1) is 20.5. The minimum absolute atomic E-state index is 0.0273. The van der Waals surface area contributed by atoms with E-state index in [0.717, 1.165) is 5.56 Å². The van der Waals surface area contributed by atoms with Crippen molar-refractivity contribution in [2.75, 3.05) is 20.2 Å². The van der Waals surface area contributed by atoms with Crippen LogP contribution in [0.15, 0.2) is 60.9 Å². The van der Waals surface area contributed by atoms with Crippen LogP contribution >= 0.6 is 0 Å². The number of hydrogen-bond donors (Lipinski definition) is 1. The van der Waals surface area contributed by atoms with Gasteiger partial charge in [0, 0.05) is 48.7 Å². The molecule has 1 fully saturated rings. The van der Waals surface area contributed by atoms with Crippen LogP contribution < -0.4 is 10.1 Å². The van der Waals surface area contributed by atoms with Gasteiger partial charge in [-0.1, -0.05) is 18.2 Å². The molecule has 0 unspecified atom stereocenters. The van der Waals surface area contributed by atoms with Crippen molar-refractivity contribution in [1.82, 2.24) is 25.4 Å². The molecule has 1 saturated heterocycles. The predicted molar refractivity (Wildman–Crippen MR) is 115 cm³/mol. The lowest BCUT2D eigenvalue weighted by Crippen LogP contribution is -2.46. The highest BCUT2D eigenvalue weighted by Crippen LogP contribution is 2.25. The number of likely N-dealkylation sites (tertiary alicyclic amines) is 1. The number of pyridine rings is 1. The summed E-state index contributed by atoms with van der Waals surface area (Å²) in [5, 5.41) is 11.2. The van der Waals surface area contributed by atoms with E-state index >= 15 is 0 Å². The molecule has 0 bridgehead atoms. The summed E-state index contributed by atoms with van der Waals surface area (Å²) in [6.07, 6.45) is 4.58. The molecule has 1 N–H and O–H groups in total. The second-order valence-electron chi connectivity index (χ2n) is 7.29. The van der Waals surface area contributed by atoms with Gasteiger partial charge in [-0.05, 0) is 37.1 Å². The Bertz CT molecular complexity index is 1050. The monoisotopic (exact) mass is 417 g/mol. The van der Waals surface area contributed by atoms with Crippen molar-refractivity contribution in [3.63, 3.8) is 0 Å². The van der Waals surface area contributed by atoms with Crippen LogP contribution in [-0.2, 0) is 0 Å². The molecule has 0 aliphatic carbocycles. The normalized spacial score (nSPS) is 14.2. The minimum Gasteiger partial charge on any atom is -0.480 e. The summed E-state index contributed by atoms with van der Waals surface area (Å²) in [6, 6.07) is 14.4. The van der Waals surface area contributed by atoms with Crippen molar-refractivity contribution in [2.24, 2.45) is 0 Å². The number of nitrogens with one attached hydrogen (secondary N) is 1. The van der Waals surface area contributed by atoms with E-state index < -0.39 is 0 Å². The topological polar surface area (TPSA) is 97.3 Å². The van der Waals surface area contributed by atoms with Gasteiger partial charge in [0.05, 0.1) is 18.4 Å². The Labute approximate surface area is 180 Å². The van der Waals surface area contributed by atoms with Gasteiger partial charge in [0.15, 0.2) is 0 Å². The van der Waals surface area contributed by atoms with Crippen LogP contribution in [0.3, 0.4) is 0 Å². The Morgan fingerprint density at radius 1 is 1.03 bits per heavy atom. The molecule has 0 saturated carbocycles. The SMILES string of the molecule is COc1ccc(-c2ccccc2C(=O)N2CCC(NC(=O)c3cccnc3)CC2)nn1. The fourth-order valence-corrected chi connectivity index (χ4v) is 3.63. The van der Waals surface area contributed by atoms with Crippen LogP contribution in [0, 0.1) is 0 Å². The first-order valence-electron chi connectivity index (χ1n) is 10.1. The Kier molecular flexibility index (Phi) is 6.16. The molecule has 158 valence electrons. The zero-order valence-corrected chi connectivity index (χ0v) is 17.2. The molecule has 8 nitrogen and oxygen atoms in total. The lowest BCUT2D eigenvalue weighted by molar-refractivity contribution is 0.0699. The van der Waals surface area contributed by atoms with Gasteiger partial charge in [0.1, 0.15) is 0 Å². The van der Waals surface area contributed by atoms with Crippen molar-refractivity contribution in [1.29, 1.82) is 0 Å². The fraction of sp³-hybridized carbons (Fsp3) is 0.261. The number of benzene rings is 1. The summed E-state index contributed by atoms with van der Waals surface area (Å²) in [5.41, 5.74) is 2.47. The third kappa shape index (κ3) is 4.69. The van der Waals surface area contributed by atoms with E-state index in [2.05, 4.69) is 20.5 Å². The highest BCUT2D eigenvalue weighted by atomic mass is 16.5. The van der Waals surface area contributed by atoms with Crippen molar-refractivity contribution in [3.05, 3.63) is 72.1 Å². The van der Waals surface area contributed by atoms with Gasteiger partial charge in [0.25, 0.3) is 11.8 Å². The quantitative estimate of drug-likeness (QED) is 0.685. The summed E-state index contributed by atoms with van der Waals surface area (Å²) in [7, 11) is 1.53. The second-order valence-corrected chi connectivity index (χ2v) is 7.29. The van der Waals surface area contributed by atoms with Gasteiger partial charge in [-0.25, -0.2) is 0 Å². The highest BCUT2D eigenvalue weighted by molar-refractivity contribution is 6.00. The summed E-state index contributed by atoms with van der Waals surface area (Å²) in [4.78, 5) is 31.4. The maximum atomic E-state index is 13.2. The molecule has 3 aromatic rings. The van der Waals surface area contributed by atoms with Crippen LogP contribution in [0.4, 0.5) is 0 Å². The largest absolute Gasteiger partial charge is 0.480 e. The third-order valence-corrected chi connectivity index (χ3v) is 5.32. The molecule has 2 amide bonds. The number of piperidine rings is 1. The number of aromatic nitrogens is 3. The molecule has 1 aliphatic rings. The number of carbonyl (C=O) groups is 2. The molecule has 1 aromatic carbocycles. The molecule has 31 heavy (non-hydrogen) atoms. The maximum Gasteiger partial charge on any atom is 0.254 e. The van der Waals surface area contributed by atoms with E-state index in [-0.39, 0.29) is 17.9 Å². The number of amides is 2. The summed E-state index contributed by atoms with van der Waals surface area (Å²) in [5.74, 6) is 0.231. The Hall–Kier alpha value is -3.81. The summed E-state index contributed by atoms with van der Waals surface area (Å²) in [6.45, 7) is 1.14. The number of rotatable bonds is 5. The smallest absolute Gasteiger partial charge is 0.254 e. The first-order valence-corrected chi connectivity index (χ1v) is 10.1. The maximum absolute atomic E-state index is 13.2. The first-order chi connectivity index (χ1) is 15.2. The van der Waals surface area contributed by atoms with Crippen molar-refractivity contribution >= 4 is 11.8 Å². The molecule has 3 heterocycles. The number of methoxy groups -OCH3 is 1. The minimum atomic E-state index is -0.138. The van der Waals surface area contributed by atoms with Gasteiger partial charge in [0.2, 0.25) is 5.88 Å². The van der Waals surface area contributed by atoms with E-state index in [1.165, 1.54) is 7.11 Å². The standard InChI is InChI=1S/C23H23N5O3/c1-31-21-9-8-20(26-27-21)18-6-2-3-7-19(18)23(30)28-13-10-17(11-14-28)25-22(29)16-5-4-12-24-15-16/h2-9,12,15,17H,10-11,13-14H2,1H3,(H,25,29). The number of carbonyl (C=O) groups excluding carboxylic acids is 2. The van der Waals surface area contributed by atoms with Crippen LogP contribution in [0.25, 0.3) is 11.3 Å². The number of nitrogens with zero attached hydrogens (tertiary/aromatic N) is 4. The average molecular weight is 417 g/mol. The van der Waals surface area contributed by atoms with E-state index in [1.54, 1.807) is 42.7 Å². The van der Waals surface area contributed by atoms with E-state index in [1.807, 2.05) is 23.1 Å². The van der Waals surface area contributed by atoms with Crippen LogP contribution in [0.5, 0.6) is 5.88 Å². The van der Waals surface area contributed by atoms with Crippen molar-refractivity contribution in [3.8, 4) is 17.1 Å². The highest BCUT2D eigenvalue weighted by Gasteiger charge is 2.26. The molecule has 0 atom stereocenters. The molecule has 0 spiro atoms. The second kappa shape index (κ2) is 9.34. The van der Waals surface area contributed by atoms with E-state index in [9.17, 15) is 9.59 Å². The molecule has 0 radical (unpaired) electrons. The molecule has 2 aromatic heterocycles. The predicted octanol–water partition coefficient (Wildman–Crippen LogP) is 2.58. The van der Waals surface area contributed by atoms with Crippen LogP contribution in [-0.4, -0.2) is 58.1 Å². The molecule has 4 rings (SSSR count). The van der Waals surface area contributed by atoms with Crippen LogP contribution in [0.2, 0.25) is 0 Å². The molecule has 1 aliphatic heterocycles. The van der Waals surface area contributed by atoms with Gasteiger partial charge in [-0.15, -0.1) is 10.2 Å². The average Bonchev–Trinajstić information content (AvgIpc) is 2.84. The van der Waals surface area contributed by atoms with Crippen molar-refractivity contribution in [2.45, 2.75) is 18.9 Å². The third-order valence-electron chi connectivity index (χ3n) is 5.32. The fourth-order valence-electron chi connectivity index (χ4n) is 3.63.